The normalized spacial score (nSPS) is 12.4. The van der Waals surface area contributed by atoms with Crippen LogP contribution in [0.25, 0.3) is 11.6 Å². The number of benzene rings is 1. The van der Waals surface area contributed by atoms with Crippen LogP contribution in [-0.2, 0) is 16.1 Å². The molecule has 0 aliphatic rings. The molecular formula is C26H30N6O3S. The maximum Gasteiger partial charge on any atom is 0.251 e. The van der Waals surface area contributed by atoms with Crippen LogP contribution in [0.5, 0.6) is 0 Å². The van der Waals surface area contributed by atoms with Crippen molar-refractivity contribution >= 4 is 28.8 Å². The Labute approximate surface area is 214 Å². The van der Waals surface area contributed by atoms with Gasteiger partial charge >= 0.3 is 0 Å². The summed E-state index contributed by atoms with van der Waals surface area (Å²) in [6.07, 6.45) is 0. The molecule has 4 rings (SSSR count). The van der Waals surface area contributed by atoms with E-state index in [-0.39, 0.29) is 24.2 Å². The van der Waals surface area contributed by atoms with E-state index in [9.17, 15) is 9.59 Å². The smallest absolute Gasteiger partial charge is 0.251 e. The Balaban J connectivity index is 1.75. The lowest BCUT2D eigenvalue weighted by atomic mass is 10.0. The first-order valence-electron chi connectivity index (χ1n) is 11.6. The fourth-order valence-corrected chi connectivity index (χ4v) is 4.63. The minimum atomic E-state index is -0.868. The first-order valence-corrected chi connectivity index (χ1v) is 12.5. The lowest BCUT2D eigenvalue weighted by Gasteiger charge is -2.34. The third-order valence-corrected chi connectivity index (χ3v) is 6.33. The van der Waals surface area contributed by atoms with E-state index >= 15 is 0 Å². The molecule has 1 N–H and O–H groups in total. The van der Waals surface area contributed by atoms with Crippen LogP contribution >= 0.6 is 11.3 Å². The van der Waals surface area contributed by atoms with Crippen molar-refractivity contribution < 1.29 is 14.0 Å². The Bertz CT molecular complexity index is 1370. The Hall–Kier alpha value is -3.79. The second kappa shape index (κ2) is 10.1. The van der Waals surface area contributed by atoms with E-state index in [1.807, 2.05) is 83.3 Å². The monoisotopic (exact) mass is 506 g/mol. The highest BCUT2D eigenvalue weighted by molar-refractivity contribution is 7.10. The number of carbonyl (C=O) groups excluding carboxylic acids is 2. The van der Waals surface area contributed by atoms with Crippen molar-refractivity contribution in [3.05, 3.63) is 69.6 Å². The summed E-state index contributed by atoms with van der Waals surface area (Å²) in [5.41, 5.74) is 2.03. The second-order valence-corrected chi connectivity index (χ2v) is 10.7. The van der Waals surface area contributed by atoms with Gasteiger partial charge in [-0.15, -0.1) is 21.5 Å². The summed E-state index contributed by atoms with van der Waals surface area (Å²) in [6.45, 7) is 11.2. The molecule has 1 aromatic carbocycles. The molecule has 3 heterocycles. The summed E-state index contributed by atoms with van der Waals surface area (Å²) in [6, 6.07) is 12.3. The highest BCUT2D eigenvalue weighted by Gasteiger charge is 2.36. The van der Waals surface area contributed by atoms with Crippen molar-refractivity contribution in [3.63, 3.8) is 0 Å². The van der Waals surface area contributed by atoms with Gasteiger partial charge < -0.3 is 9.73 Å². The van der Waals surface area contributed by atoms with E-state index < -0.39 is 11.6 Å². The molecule has 0 aliphatic heterocycles. The number of carbonyl (C=O) groups is 2. The highest BCUT2D eigenvalue weighted by atomic mass is 32.1. The van der Waals surface area contributed by atoms with Crippen LogP contribution in [0, 0.1) is 20.8 Å². The molecule has 1 atom stereocenters. The summed E-state index contributed by atoms with van der Waals surface area (Å²) in [4.78, 5) is 31.1. The number of anilines is 1. The Morgan fingerprint density at radius 3 is 2.56 bits per heavy atom. The topological polar surface area (TPSA) is 106 Å². The predicted molar refractivity (Wildman–Crippen MR) is 139 cm³/mol. The van der Waals surface area contributed by atoms with Crippen molar-refractivity contribution in [2.24, 2.45) is 0 Å². The van der Waals surface area contributed by atoms with Gasteiger partial charge in [-0.05, 0) is 87.5 Å². The molecule has 0 radical (unpaired) electrons. The van der Waals surface area contributed by atoms with E-state index in [0.717, 1.165) is 21.8 Å². The van der Waals surface area contributed by atoms with Gasteiger partial charge in [0.05, 0.1) is 0 Å². The average Bonchev–Trinajstić information content (AvgIpc) is 3.54. The third-order valence-electron chi connectivity index (χ3n) is 5.40. The number of nitrogens with one attached hydrogen (secondary N) is 1. The first kappa shape index (κ1) is 25.3. The van der Waals surface area contributed by atoms with E-state index in [1.54, 1.807) is 11.0 Å². The molecule has 36 heavy (non-hydrogen) atoms. The fourth-order valence-electron chi connectivity index (χ4n) is 3.82. The van der Waals surface area contributed by atoms with Gasteiger partial charge in [-0.3, -0.25) is 14.5 Å². The summed E-state index contributed by atoms with van der Waals surface area (Å²) in [5.74, 6) is 0.874. The predicted octanol–water partition coefficient (Wildman–Crippen LogP) is 4.61. The number of aromatic nitrogens is 4. The quantitative estimate of drug-likeness (QED) is 0.392. The van der Waals surface area contributed by atoms with Gasteiger partial charge in [0.2, 0.25) is 11.7 Å². The SMILES string of the molecule is Cc1ccc(C)c(N(C(=O)Cn2nnc(-c3ccc(C)o3)n2)[C@@H](C(=O)NC(C)(C)C)c2cccs2)c1. The minimum Gasteiger partial charge on any atom is -0.458 e. The molecular weight excluding hydrogens is 476 g/mol. The number of rotatable bonds is 7. The number of nitrogens with zero attached hydrogens (tertiary/aromatic N) is 5. The Morgan fingerprint density at radius 2 is 1.92 bits per heavy atom. The molecule has 10 heteroatoms. The molecule has 2 amide bonds. The standard InChI is InChI=1S/C26H30N6O3S/c1-16-9-10-17(2)19(14-16)32(23(21-8-7-13-36-21)25(34)27-26(4,5)6)22(33)15-31-29-24(28-30-31)20-12-11-18(3)35-20/h7-14,23H,15H2,1-6H3,(H,27,34)/t23-/m1/s1. The molecule has 9 nitrogen and oxygen atoms in total. The van der Waals surface area contributed by atoms with Crippen LogP contribution in [0.3, 0.4) is 0 Å². The van der Waals surface area contributed by atoms with Gasteiger partial charge in [-0.25, -0.2) is 0 Å². The van der Waals surface area contributed by atoms with Crippen molar-refractivity contribution in [3.8, 4) is 11.6 Å². The number of thiophene rings is 1. The number of aryl methyl sites for hydroxylation is 3. The maximum absolute atomic E-state index is 13.9. The molecule has 0 bridgehead atoms. The van der Waals surface area contributed by atoms with Crippen molar-refractivity contribution in [1.29, 1.82) is 0 Å². The third kappa shape index (κ3) is 5.71. The summed E-state index contributed by atoms with van der Waals surface area (Å²) in [5, 5.41) is 17.4. The van der Waals surface area contributed by atoms with E-state index in [0.29, 0.717) is 11.4 Å². The number of tetrazole rings is 1. The van der Waals surface area contributed by atoms with Gasteiger partial charge in [0, 0.05) is 16.1 Å². The molecule has 0 aliphatic carbocycles. The summed E-state index contributed by atoms with van der Waals surface area (Å²) < 4.78 is 5.57. The molecule has 0 spiro atoms. The zero-order valence-corrected chi connectivity index (χ0v) is 22.1. The van der Waals surface area contributed by atoms with Crippen LogP contribution in [0.15, 0.2) is 52.3 Å². The summed E-state index contributed by atoms with van der Waals surface area (Å²) in [7, 11) is 0. The van der Waals surface area contributed by atoms with Gasteiger partial charge in [0.25, 0.3) is 5.91 Å². The highest BCUT2D eigenvalue weighted by Crippen LogP contribution is 2.34. The fraction of sp³-hybridized carbons (Fsp3) is 0.346. The lowest BCUT2D eigenvalue weighted by molar-refractivity contribution is -0.128. The molecule has 4 aromatic rings. The zero-order valence-electron chi connectivity index (χ0n) is 21.3. The molecule has 0 fully saturated rings. The molecule has 0 unspecified atom stereocenters. The van der Waals surface area contributed by atoms with Crippen molar-refractivity contribution in [1.82, 2.24) is 25.5 Å². The van der Waals surface area contributed by atoms with Crippen LogP contribution in [0.2, 0.25) is 0 Å². The molecule has 0 saturated heterocycles. The van der Waals surface area contributed by atoms with E-state index in [4.69, 9.17) is 4.42 Å². The van der Waals surface area contributed by atoms with E-state index in [2.05, 4.69) is 20.7 Å². The number of hydrogen-bond donors (Lipinski definition) is 1. The minimum absolute atomic E-state index is 0.204. The summed E-state index contributed by atoms with van der Waals surface area (Å²) >= 11 is 1.43. The van der Waals surface area contributed by atoms with Crippen LogP contribution in [0.4, 0.5) is 5.69 Å². The molecule has 0 saturated carbocycles. The Morgan fingerprint density at radius 1 is 1.14 bits per heavy atom. The first-order chi connectivity index (χ1) is 17.0. The van der Waals surface area contributed by atoms with Crippen molar-refractivity contribution in [2.75, 3.05) is 4.90 Å². The van der Waals surface area contributed by atoms with Gasteiger partial charge in [-0.2, -0.15) is 4.80 Å². The largest absolute Gasteiger partial charge is 0.458 e. The van der Waals surface area contributed by atoms with Crippen molar-refractivity contribution in [2.45, 2.75) is 59.7 Å². The molecule has 3 aromatic heterocycles. The van der Waals surface area contributed by atoms with Crippen LogP contribution < -0.4 is 10.2 Å². The van der Waals surface area contributed by atoms with Gasteiger partial charge in [-0.1, -0.05) is 18.2 Å². The van der Waals surface area contributed by atoms with E-state index in [1.165, 1.54) is 16.1 Å². The number of furan rings is 1. The molecule has 188 valence electrons. The van der Waals surface area contributed by atoms with Gasteiger partial charge in [0.15, 0.2) is 5.76 Å². The van der Waals surface area contributed by atoms with Gasteiger partial charge in [0.1, 0.15) is 18.3 Å². The van der Waals surface area contributed by atoms with Crippen LogP contribution in [-0.4, -0.2) is 37.6 Å². The zero-order chi connectivity index (χ0) is 26.0. The lowest BCUT2D eigenvalue weighted by Crippen LogP contribution is -2.50. The Kier molecular flexibility index (Phi) is 7.07. The van der Waals surface area contributed by atoms with Crippen LogP contribution in [0.1, 0.15) is 48.6 Å². The number of hydrogen-bond acceptors (Lipinski definition) is 7. The average molecular weight is 507 g/mol. The maximum atomic E-state index is 13.9. The second-order valence-electron chi connectivity index (χ2n) is 9.76. The number of amides is 2.